The number of nitrogens with zero attached hydrogens (tertiary/aromatic N) is 2. The number of hydrogen-bond donors (Lipinski definition) is 2. The Morgan fingerprint density at radius 2 is 2.14 bits per heavy atom. The van der Waals surface area contributed by atoms with Crippen molar-refractivity contribution in [2.24, 2.45) is 5.73 Å². The Morgan fingerprint density at radius 3 is 2.76 bits per heavy atom. The van der Waals surface area contributed by atoms with E-state index in [1.165, 1.54) is 0 Å². The molecule has 1 atom stereocenters. The smallest absolute Gasteiger partial charge is 0.236 e. The Labute approximate surface area is 137 Å². The van der Waals surface area contributed by atoms with E-state index < -0.39 is 6.04 Å². The zero-order valence-corrected chi connectivity index (χ0v) is 13.6. The van der Waals surface area contributed by atoms with Crippen LogP contribution in [0.5, 0.6) is 0 Å². The molecule has 8 heteroatoms. The fourth-order valence-corrected chi connectivity index (χ4v) is 1.89. The van der Waals surface area contributed by atoms with Crippen LogP contribution < -0.4 is 16.0 Å². The van der Waals surface area contributed by atoms with Gasteiger partial charge >= 0.3 is 0 Å². The van der Waals surface area contributed by atoms with Gasteiger partial charge in [-0.3, -0.25) is 4.79 Å². The maximum absolute atomic E-state index is 11.4. The molecule has 1 aromatic rings. The van der Waals surface area contributed by atoms with Gasteiger partial charge in [0, 0.05) is 25.8 Å². The van der Waals surface area contributed by atoms with E-state index in [1.807, 2.05) is 12.1 Å². The number of nitrogens with one attached hydrogen (secondary N) is 1. The number of hydrogen-bond acceptors (Lipinski definition) is 5. The first-order chi connectivity index (χ1) is 9.16. The Hall–Kier alpha value is -1.08. The van der Waals surface area contributed by atoms with E-state index in [1.54, 1.807) is 13.1 Å². The minimum Gasteiger partial charge on any atom is -0.378 e. The highest BCUT2D eigenvalue weighted by atomic mass is 35.5. The number of carbonyl (C=O) groups is 1. The number of rotatable bonds is 4. The predicted molar refractivity (Wildman–Crippen MR) is 87.3 cm³/mol. The van der Waals surface area contributed by atoms with Crippen LogP contribution in [0, 0.1) is 0 Å². The lowest BCUT2D eigenvalue weighted by Gasteiger charge is -2.28. The molecule has 2 heterocycles. The minimum absolute atomic E-state index is 0. The number of morpholine rings is 1. The lowest BCUT2D eigenvalue weighted by molar-refractivity contribution is -0.122. The molecule has 0 spiro atoms. The Bertz CT molecular complexity index is 440. The summed E-state index contributed by atoms with van der Waals surface area (Å²) in [6.07, 6.45) is 1.76. The van der Waals surface area contributed by atoms with Crippen molar-refractivity contribution in [2.75, 3.05) is 31.2 Å². The molecule has 1 aromatic heterocycles. The molecule has 3 N–H and O–H groups in total. The van der Waals surface area contributed by atoms with Gasteiger partial charge < -0.3 is 20.7 Å². The first-order valence-corrected chi connectivity index (χ1v) is 6.48. The van der Waals surface area contributed by atoms with Gasteiger partial charge in [-0.25, -0.2) is 4.98 Å². The molecule has 2 rings (SSSR count). The summed E-state index contributed by atoms with van der Waals surface area (Å²) in [6.45, 7) is 5.30. The average Bonchev–Trinajstić information content (AvgIpc) is 2.46. The van der Waals surface area contributed by atoms with E-state index in [4.69, 9.17) is 10.5 Å². The van der Waals surface area contributed by atoms with Gasteiger partial charge in [0.15, 0.2) is 0 Å². The maximum atomic E-state index is 11.4. The number of carbonyl (C=O) groups excluding carboxylic acids is 1. The summed E-state index contributed by atoms with van der Waals surface area (Å²) in [5, 5.41) is 2.79. The van der Waals surface area contributed by atoms with E-state index in [9.17, 15) is 4.79 Å². The second-order valence-corrected chi connectivity index (χ2v) is 4.63. The van der Waals surface area contributed by atoms with Crippen LogP contribution in [0.4, 0.5) is 5.82 Å². The SMILES string of the molecule is C[C@@H](N)C(=O)NCc1ccnc(N2CCOCC2)c1.Cl.Cl. The number of pyridine rings is 1. The van der Waals surface area contributed by atoms with Crippen LogP contribution in [0.15, 0.2) is 18.3 Å². The van der Waals surface area contributed by atoms with E-state index in [0.717, 1.165) is 37.7 Å². The lowest BCUT2D eigenvalue weighted by atomic mass is 10.2. The molecule has 1 aliphatic rings. The van der Waals surface area contributed by atoms with Crippen molar-refractivity contribution in [1.82, 2.24) is 10.3 Å². The van der Waals surface area contributed by atoms with Gasteiger partial charge in [-0.05, 0) is 24.6 Å². The average molecular weight is 337 g/mol. The van der Waals surface area contributed by atoms with Gasteiger partial charge in [-0.15, -0.1) is 24.8 Å². The molecule has 120 valence electrons. The molecule has 1 aliphatic heterocycles. The highest BCUT2D eigenvalue weighted by molar-refractivity contribution is 5.85. The Balaban J connectivity index is 0.00000200. The molecule has 1 amide bonds. The highest BCUT2D eigenvalue weighted by Gasteiger charge is 2.13. The van der Waals surface area contributed by atoms with Gasteiger partial charge in [0.25, 0.3) is 0 Å². The predicted octanol–water partition coefficient (Wildman–Crippen LogP) is 0.725. The van der Waals surface area contributed by atoms with Crippen LogP contribution in [0.25, 0.3) is 0 Å². The van der Waals surface area contributed by atoms with E-state index in [0.29, 0.717) is 6.54 Å². The van der Waals surface area contributed by atoms with Gasteiger partial charge in [0.1, 0.15) is 5.82 Å². The summed E-state index contributed by atoms with van der Waals surface area (Å²) in [4.78, 5) is 18.0. The molecule has 6 nitrogen and oxygen atoms in total. The fourth-order valence-electron chi connectivity index (χ4n) is 1.89. The van der Waals surface area contributed by atoms with E-state index in [-0.39, 0.29) is 30.7 Å². The van der Waals surface area contributed by atoms with Crippen molar-refractivity contribution in [3.05, 3.63) is 23.9 Å². The summed E-state index contributed by atoms with van der Waals surface area (Å²) in [7, 11) is 0. The molecule has 0 bridgehead atoms. The number of halogens is 2. The first-order valence-electron chi connectivity index (χ1n) is 6.48. The number of aromatic nitrogens is 1. The summed E-state index contributed by atoms with van der Waals surface area (Å²) in [5.74, 6) is 0.778. The van der Waals surface area contributed by atoms with Crippen molar-refractivity contribution < 1.29 is 9.53 Å². The topological polar surface area (TPSA) is 80.5 Å². The molecule has 0 unspecified atom stereocenters. The van der Waals surface area contributed by atoms with Crippen molar-refractivity contribution in [2.45, 2.75) is 19.5 Å². The summed E-state index contributed by atoms with van der Waals surface area (Å²) in [5.41, 5.74) is 6.52. The van der Waals surface area contributed by atoms with Crippen LogP contribution in [0.2, 0.25) is 0 Å². The molecule has 0 aromatic carbocycles. The number of nitrogens with two attached hydrogens (primary N) is 1. The highest BCUT2D eigenvalue weighted by Crippen LogP contribution is 2.14. The molecule has 0 saturated carbocycles. The molecular formula is C13H22Cl2N4O2. The third-order valence-corrected chi connectivity index (χ3v) is 3.03. The van der Waals surface area contributed by atoms with Crippen LogP contribution in [0.3, 0.4) is 0 Å². The normalized spacial score (nSPS) is 15.4. The Morgan fingerprint density at radius 1 is 1.48 bits per heavy atom. The first kappa shape index (κ1) is 19.9. The molecule has 21 heavy (non-hydrogen) atoms. The molecule has 1 fully saturated rings. The molecule has 0 aliphatic carbocycles. The lowest BCUT2D eigenvalue weighted by Crippen LogP contribution is -2.38. The van der Waals surface area contributed by atoms with Crippen molar-refractivity contribution in [3.8, 4) is 0 Å². The van der Waals surface area contributed by atoms with Gasteiger partial charge in [-0.2, -0.15) is 0 Å². The molecule has 0 radical (unpaired) electrons. The monoisotopic (exact) mass is 336 g/mol. The fraction of sp³-hybridized carbons (Fsp3) is 0.538. The summed E-state index contributed by atoms with van der Waals surface area (Å²) < 4.78 is 5.32. The minimum atomic E-state index is -0.486. The van der Waals surface area contributed by atoms with Crippen molar-refractivity contribution >= 4 is 36.5 Å². The van der Waals surface area contributed by atoms with Crippen LogP contribution in [-0.2, 0) is 16.1 Å². The zero-order chi connectivity index (χ0) is 13.7. The van der Waals surface area contributed by atoms with E-state index in [2.05, 4.69) is 15.2 Å². The summed E-state index contributed by atoms with van der Waals surface area (Å²) >= 11 is 0. The number of amides is 1. The van der Waals surface area contributed by atoms with Crippen molar-refractivity contribution in [1.29, 1.82) is 0 Å². The van der Waals surface area contributed by atoms with Crippen LogP contribution in [-0.4, -0.2) is 43.2 Å². The second kappa shape index (κ2) is 9.78. The Kier molecular flexibility index (Phi) is 9.28. The number of ether oxygens (including phenoxy) is 1. The molecule has 1 saturated heterocycles. The van der Waals surface area contributed by atoms with Gasteiger partial charge in [0.2, 0.25) is 5.91 Å². The summed E-state index contributed by atoms with van der Waals surface area (Å²) in [6, 6.07) is 3.40. The third-order valence-electron chi connectivity index (χ3n) is 3.03. The largest absolute Gasteiger partial charge is 0.378 e. The molecular weight excluding hydrogens is 315 g/mol. The third kappa shape index (κ3) is 6.05. The van der Waals surface area contributed by atoms with E-state index >= 15 is 0 Å². The quantitative estimate of drug-likeness (QED) is 0.847. The second-order valence-electron chi connectivity index (χ2n) is 4.63. The van der Waals surface area contributed by atoms with Gasteiger partial charge in [-0.1, -0.05) is 0 Å². The maximum Gasteiger partial charge on any atom is 0.236 e. The van der Waals surface area contributed by atoms with Crippen LogP contribution >= 0.6 is 24.8 Å². The van der Waals surface area contributed by atoms with Gasteiger partial charge in [0.05, 0.1) is 19.3 Å². The standard InChI is InChI=1S/C13H20N4O2.2ClH/c1-10(14)13(18)16-9-11-2-3-15-12(8-11)17-4-6-19-7-5-17;;/h2-3,8,10H,4-7,9,14H2,1H3,(H,16,18);2*1H/t10-;;/m1../s1. The number of anilines is 1. The van der Waals surface area contributed by atoms with Crippen molar-refractivity contribution in [3.63, 3.8) is 0 Å². The van der Waals surface area contributed by atoms with Crippen LogP contribution in [0.1, 0.15) is 12.5 Å². The zero-order valence-electron chi connectivity index (χ0n) is 11.9.